The van der Waals surface area contributed by atoms with Crippen molar-refractivity contribution >= 4 is 33.2 Å². The molecule has 3 rings (SSSR count). The van der Waals surface area contributed by atoms with Crippen molar-refractivity contribution in [3.05, 3.63) is 54.3 Å². The van der Waals surface area contributed by atoms with Gasteiger partial charge in [-0.2, -0.15) is 0 Å². The maximum atomic E-state index is 13.2. The van der Waals surface area contributed by atoms with Crippen molar-refractivity contribution in [1.29, 1.82) is 0 Å². The Kier molecular flexibility index (Phi) is 5.12. The molecule has 0 bridgehead atoms. The maximum absolute atomic E-state index is 13.2. The van der Waals surface area contributed by atoms with Gasteiger partial charge in [0, 0.05) is 4.90 Å². The largest absolute Gasteiger partial charge is 0.320 e. The van der Waals surface area contributed by atoms with Crippen LogP contribution in [0.2, 0.25) is 0 Å². The fourth-order valence-electron chi connectivity index (χ4n) is 2.70. The van der Waals surface area contributed by atoms with E-state index in [0.717, 1.165) is 17.9 Å². The van der Waals surface area contributed by atoms with Crippen molar-refractivity contribution in [2.45, 2.75) is 22.3 Å². The van der Waals surface area contributed by atoms with E-state index in [-0.39, 0.29) is 5.82 Å². The Morgan fingerprint density at radius 3 is 2.58 bits per heavy atom. The van der Waals surface area contributed by atoms with Crippen LogP contribution < -0.4 is 9.62 Å². The number of nitrogens with one attached hydrogen (secondary N) is 1. The van der Waals surface area contributed by atoms with Crippen LogP contribution in [-0.4, -0.2) is 26.6 Å². The van der Waals surface area contributed by atoms with E-state index in [9.17, 15) is 12.8 Å². The molecule has 1 unspecified atom stereocenters. The summed E-state index contributed by atoms with van der Waals surface area (Å²) < 4.78 is 40.3. The zero-order chi connectivity index (χ0) is 17.2. The monoisotopic (exact) mass is 366 g/mol. The van der Waals surface area contributed by atoms with Gasteiger partial charge in [0.25, 0.3) is 10.0 Å². The number of hydrogen-bond acceptors (Lipinski definition) is 4. The van der Waals surface area contributed by atoms with Gasteiger partial charge in [0.05, 0.1) is 11.4 Å². The highest BCUT2D eigenvalue weighted by molar-refractivity contribution is 8.14. The number of rotatable bonds is 5. The summed E-state index contributed by atoms with van der Waals surface area (Å²) in [6.07, 6.45) is 1.33. The summed E-state index contributed by atoms with van der Waals surface area (Å²) in [6, 6.07) is 13.0. The third-order valence-electron chi connectivity index (χ3n) is 3.86. The van der Waals surface area contributed by atoms with Crippen LogP contribution in [0, 0.1) is 5.82 Å². The van der Waals surface area contributed by atoms with Gasteiger partial charge >= 0.3 is 0 Å². The number of anilines is 2. The van der Waals surface area contributed by atoms with Gasteiger partial charge in [0.15, 0.2) is 0 Å². The predicted octanol–water partition coefficient (Wildman–Crippen LogP) is 3.73. The van der Waals surface area contributed by atoms with Crippen molar-refractivity contribution < 1.29 is 12.8 Å². The van der Waals surface area contributed by atoms with Crippen molar-refractivity contribution in [2.24, 2.45) is 0 Å². The van der Waals surface area contributed by atoms with Crippen molar-refractivity contribution in [3.8, 4) is 0 Å². The summed E-state index contributed by atoms with van der Waals surface area (Å²) >= 11 is 1.38. The summed E-state index contributed by atoms with van der Waals surface area (Å²) in [5, 5.41) is 3.04. The van der Waals surface area contributed by atoms with E-state index in [1.165, 1.54) is 40.3 Å². The number of hydrogen-bond donors (Lipinski definition) is 1. The molecule has 0 radical (unpaired) electrons. The Morgan fingerprint density at radius 1 is 1.17 bits per heavy atom. The van der Waals surface area contributed by atoms with Gasteiger partial charge in [-0.25, -0.2) is 17.1 Å². The lowest BCUT2D eigenvalue weighted by Gasteiger charge is -2.35. The number of halogens is 1. The van der Waals surface area contributed by atoms with Gasteiger partial charge in [0.2, 0.25) is 0 Å². The zero-order valence-corrected chi connectivity index (χ0v) is 14.9. The van der Waals surface area contributed by atoms with Crippen molar-refractivity contribution in [3.63, 3.8) is 0 Å². The van der Waals surface area contributed by atoms with Crippen molar-refractivity contribution in [2.75, 3.05) is 17.9 Å². The van der Waals surface area contributed by atoms with E-state index in [0.29, 0.717) is 17.8 Å². The first-order valence-electron chi connectivity index (χ1n) is 7.74. The van der Waals surface area contributed by atoms with E-state index >= 15 is 0 Å². The molecular weight excluding hydrogens is 347 g/mol. The van der Waals surface area contributed by atoms with Gasteiger partial charge < -0.3 is 5.32 Å². The molecule has 0 aromatic heterocycles. The third-order valence-corrected chi connectivity index (χ3v) is 7.79. The van der Waals surface area contributed by atoms with Crippen LogP contribution in [0.1, 0.15) is 12.8 Å². The Labute approximate surface area is 146 Å². The van der Waals surface area contributed by atoms with Crippen LogP contribution in [0.15, 0.2) is 53.4 Å². The maximum Gasteiger partial charge on any atom is 0.252 e. The summed E-state index contributed by atoms with van der Waals surface area (Å²) in [5.41, 5.74) is 1.08. The number of benzene rings is 2. The van der Waals surface area contributed by atoms with E-state index in [2.05, 4.69) is 5.32 Å². The molecule has 24 heavy (non-hydrogen) atoms. The van der Waals surface area contributed by atoms with Crippen LogP contribution in [-0.2, 0) is 10.0 Å². The van der Waals surface area contributed by atoms with E-state index < -0.39 is 14.6 Å². The second kappa shape index (κ2) is 7.13. The van der Waals surface area contributed by atoms with Crippen LogP contribution >= 0.6 is 11.8 Å². The Hall–Kier alpha value is -1.57. The summed E-state index contributed by atoms with van der Waals surface area (Å²) in [5.74, 6) is -0.388. The number of sulfonamides is 1. The number of fused-ring (bicyclic) bond motifs is 1. The molecule has 1 aliphatic heterocycles. The normalized spacial score (nSPS) is 19.1. The fraction of sp³-hybridized carbons (Fsp3) is 0.294. The van der Waals surface area contributed by atoms with Crippen LogP contribution in [0.3, 0.4) is 0 Å². The second-order valence-electron chi connectivity index (χ2n) is 5.55. The smallest absolute Gasteiger partial charge is 0.252 e. The number of thioether (sulfide) groups is 1. The molecule has 7 heteroatoms. The Bertz CT molecular complexity index is 810. The van der Waals surface area contributed by atoms with Gasteiger partial charge in [-0.3, -0.25) is 0 Å². The molecule has 0 amide bonds. The number of nitrogens with zero attached hydrogens (tertiary/aromatic N) is 1. The lowest BCUT2D eigenvalue weighted by atomic mass is 10.2. The van der Waals surface area contributed by atoms with E-state index in [4.69, 9.17) is 0 Å². The summed E-state index contributed by atoms with van der Waals surface area (Å²) in [7, 11) is -1.73. The topological polar surface area (TPSA) is 49.4 Å². The first-order chi connectivity index (χ1) is 11.5. The molecule has 0 spiro atoms. The average Bonchev–Trinajstić information content (AvgIpc) is 2.56. The fourth-order valence-corrected chi connectivity index (χ4v) is 6.36. The molecule has 0 aliphatic carbocycles. The molecule has 4 nitrogen and oxygen atoms in total. The Morgan fingerprint density at radius 2 is 1.88 bits per heavy atom. The van der Waals surface area contributed by atoms with Gasteiger partial charge in [-0.05, 0) is 62.8 Å². The first kappa shape index (κ1) is 17.3. The molecule has 2 aromatic carbocycles. The molecule has 0 saturated carbocycles. The summed E-state index contributed by atoms with van der Waals surface area (Å²) in [4.78, 5) is 0.922. The molecule has 1 aliphatic rings. The summed E-state index contributed by atoms with van der Waals surface area (Å²) in [6.45, 7) is 0.769. The predicted molar refractivity (Wildman–Crippen MR) is 96.7 cm³/mol. The minimum Gasteiger partial charge on any atom is -0.320 e. The van der Waals surface area contributed by atoms with Gasteiger partial charge in [-0.15, -0.1) is 11.8 Å². The second-order valence-corrected chi connectivity index (χ2v) is 9.05. The highest BCUT2D eigenvalue weighted by Crippen LogP contribution is 2.47. The average molecular weight is 366 g/mol. The molecule has 0 saturated heterocycles. The minimum absolute atomic E-state index is 0.388. The first-order valence-corrected chi connectivity index (χ1v) is 10.1. The van der Waals surface area contributed by atoms with Crippen molar-refractivity contribution in [1.82, 2.24) is 5.32 Å². The van der Waals surface area contributed by atoms with Crippen LogP contribution in [0.4, 0.5) is 15.8 Å². The van der Waals surface area contributed by atoms with Crippen LogP contribution in [0.5, 0.6) is 0 Å². The standard InChI is InChI=1S/C17H19FN2O2S2/c1-19-12-4-7-17-23-16-6-3-2-5-15(16)20(24(17,21)22)14-10-8-13(18)9-11-14/h2-3,5-6,8-11,17,19H,4,7,12H2,1H3. The molecule has 1 heterocycles. The molecule has 1 atom stereocenters. The van der Waals surface area contributed by atoms with E-state index in [1.807, 2.05) is 25.2 Å². The van der Waals surface area contributed by atoms with Gasteiger partial charge in [-0.1, -0.05) is 12.1 Å². The highest BCUT2D eigenvalue weighted by atomic mass is 32.3. The lowest BCUT2D eigenvalue weighted by molar-refractivity contribution is 0.584. The molecule has 0 fully saturated rings. The quantitative estimate of drug-likeness (QED) is 0.820. The SMILES string of the molecule is CNCCCC1Sc2ccccc2N(c2ccc(F)cc2)S1(=O)=O. The number of para-hydroxylation sites is 1. The molecule has 128 valence electrons. The zero-order valence-electron chi connectivity index (χ0n) is 13.3. The van der Waals surface area contributed by atoms with Crippen LogP contribution in [0.25, 0.3) is 0 Å². The van der Waals surface area contributed by atoms with E-state index in [1.54, 1.807) is 6.07 Å². The molecule has 2 aromatic rings. The molecule has 1 N–H and O–H groups in total. The minimum atomic E-state index is -3.58. The lowest BCUT2D eigenvalue weighted by Crippen LogP contribution is -2.37. The third kappa shape index (κ3) is 3.29. The Balaban J connectivity index is 2.05. The highest BCUT2D eigenvalue weighted by Gasteiger charge is 2.39. The molecular formula is C17H19FN2O2S2. The van der Waals surface area contributed by atoms with Gasteiger partial charge in [0.1, 0.15) is 10.4 Å².